The Morgan fingerprint density at radius 3 is 2.59 bits per heavy atom. The molecular formula is C14H21O2P. The Balaban J connectivity index is 2.36. The quantitative estimate of drug-likeness (QED) is 0.458. The summed E-state index contributed by atoms with van der Waals surface area (Å²) in [6, 6.07) is 10.7. The maximum atomic E-state index is 10.1. The van der Waals surface area contributed by atoms with Gasteiger partial charge in [0.25, 0.3) is 0 Å². The highest BCUT2D eigenvalue weighted by Crippen LogP contribution is 2.26. The van der Waals surface area contributed by atoms with Gasteiger partial charge in [-0.25, -0.2) is 4.57 Å². The maximum Gasteiger partial charge on any atom is 0.327 e. The summed E-state index contributed by atoms with van der Waals surface area (Å²) in [5.41, 5.74) is 1.44. The van der Waals surface area contributed by atoms with Crippen molar-refractivity contribution in [1.29, 1.82) is 0 Å². The van der Waals surface area contributed by atoms with Crippen LogP contribution in [-0.4, -0.2) is 6.61 Å². The minimum absolute atomic E-state index is 0.198. The van der Waals surface area contributed by atoms with Gasteiger partial charge in [-0.15, -0.1) is 0 Å². The highest BCUT2D eigenvalue weighted by molar-refractivity contribution is 7.17. The summed E-state index contributed by atoms with van der Waals surface area (Å²) < 4.78 is 14.9. The standard InChI is InChI=1S/C14H21O2P/c1-2-8-13(11-6-7-12-16-17-15)14-9-4-3-5-10-14/h3-5,9-10,13H,2,6-8,11-12H2,1H3. The molecular weight excluding hydrogens is 231 g/mol. The minimum Gasteiger partial charge on any atom is -0.294 e. The van der Waals surface area contributed by atoms with Gasteiger partial charge in [-0.3, -0.25) is 4.52 Å². The zero-order chi connectivity index (χ0) is 12.3. The van der Waals surface area contributed by atoms with Gasteiger partial charge in [0.05, 0.1) is 6.61 Å². The van der Waals surface area contributed by atoms with E-state index in [4.69, 9.17) is 4.52 Å². The summed E-state index contributed by atoms with van der Waals surface area (Å²) in [6.07, 6.45) is 5.77. The molecule has 3 heteroatoms. The van der Waals surface area contributed by atoms with Gasteiger partial charge in [-0.05, 0) is 30.7 Å². The average Bonchev–Trinajstić information content (AvgIpc) is 2.38. The van der Waals surface area contributed by atoms with Crippen molar-refractivity contribution in [1.82, 2.24) is 0 Å². The molecule has 0 aliphatic carbocycles. The van der Waals surface area contributed by atoms with Crippen LogP contribution in [0, 0.1) is 0 Å². The highest BCUT2D eigenvalue weighted by Gasteiger charge is 2.09. The molecule has 0 aliphatic rings. The van der Waals surface area contributed by atoms with Gasteiger partial charge in [0, 0.05) is 0 Å². The van der Waals surface area contributed by atoms with Gasteiger partial charge >= 0.3 is 8.69 Å². The molecule has 17 heavy (non-hydrogen) atoms. The lowest BCUT2D eigenvalue weighted by Crippen LogP contribution is -1.99. The molecule has 1 unspecified atom stereocenters. The van der Waals surface area contributed by atoms with Crippen LogP contribution in [0.4, 0.5) is 0 Å². The molecule has 0 spiro atoms. The number of benzene rings is 1. The largest absolute Gasteiger partial charge is 0.327 e. The van der Waals surface area contributed by atoms with Crippen molar-refractivity contribution < 1.29 is 9.09 Å². The average molecular weight is 252 g/mol. The summed E-state index contributed by atoms with van der Waals surface area (Å²) in [5.74, 6) is 0.658. The van der Waals surface area contributed by atoms with Crippen LogP contribution in [-0.2, 0) is 9.09 Å². The van der Waals surface area contributed by atoms with E-state index in [1.54, 1.807) is 0 Å². The summed E-state index contributed by atoms with van der Waals surface area (Å²) in [4.78, 5) is 0. The fourth-order valence-corrected chi connectivity index (χ4v) is 2.35. The molecule has 0 saturated heterocycles. The Bertz CT molecular complexity index is 300. The Labute approximate surface area is 106 Å². The second-order valence-corrected chi connectivity index (χ2v) is 4.71. The van der Waals surface area contributed by atoms with Crippen LogP contribution >= 0.6 is 8.69 Å². The topological polar surface area (TPSA) is 26.3 Å². The first-order valence-electron chi connectivity index (χ1n) is 6.38. The van der Waals surface area contributed by atoms with Crippen LogP contribution < -0.4 is 0 Å². The van der Waals surface area contributed by atoms with Crippen molar-refractivity contribution >= 4 is 8.69 Å². The molecule has 1 aromatic rings. The molecule has 0 N–H and O–H groups in total. The van der Waals surface area contributed by atoms with Crippen LogP contribution in [0.3, 0.4) is 0 Å². The molecule has 1 atom stereocenters. The third-order valence-electron chi connectivity index (χ3n) is 3.00. The molecule has 1 rings (SSSR count). The zero-order valence-electron chi connectivity index (χ0n) is 10.5. The van der Waals surface area contributed by atoms with Crippen molar-refractivity contribution in [2.24, 2.45) is 0 Å². The smallest absolute Gasteiger partial charge is 0.294 e. The SMILES string of the molecule is CCCC(CCCCOP=O)c1ccccc1. The molecule has 0 aromatic heterocycles. The molecule has 94 valence electrons. The number of rotatable bonds is 9. The van der Waals surface area contributed by atoms with Crippen LogP contribution in [0.25, 0.3) is 0 Å². The van der Waals surface area contributed by atoms with Gasteiger partial charge in [0.15, 0.2) is 0 Å². The second-order valence-electron chi connectivity index (χ2n) is 4.30. The van der Waals surface area contributed by atoms with Crippen LogP contribution in [0.1, 0.15) is 50.5 Å². The minimum atomic E-state index is -0.198. The molecule has 1 aromatic carbocycles. The second kappa shape index (κ2) is 9.32. The molecule has 0 saturated carbocycles. The lowest BCUT2D eigenvalue weighted by Gasteiger charge is -2.16. The number of hydrogen-bond acceptors (Lipinski definition) is 2. The fraction of sp³-hybridized carbons (Fsp3) is 0.571. The van der Waals surface area contributed by atoms with Crippen molar-refractivity contribution in [2.45, 2.75) is 44.9 Å². The Morgan fingerprint density at radius 1 is 1.18 bits per heavy atom. The summed E-state index contributed by atoms with van der Waals surface area (Å²) >= 11 is 0. The zero-order valence-corrected chi connectivity index (χ0v) is 11.4. The molecule has 0 heterocycles. The lowest BCUT2D eigenvalue weighted by atomic mass is 9.90. The van der Waals surface area contributed by atoms with Gasteiger partial charge in [0.2, 0.25) is 0 Å². The third-order valence-corrected chi connectivity index (χ3v) is 3.29. The van der Waals surface area contributed by atoms with E-state index >= 15 is 0 Å². The molecule has 2 nitrogen and oxygen atoms in total. The van der Waals surface area contributed by atoms with Gasteiger partial charge in [-0.2, -0.15) is 0 Å². The molecule has 0 aliphatic heterocycles. The van der Waals surface area contributed by atoms with Crippen LogP contribution in [0.2, 0.25) is 0 Å². The Kier molecular flexibility index (Phi) is 7.87. The first-order valence-corrected chi connectivity index (χ1v) is 7.11. The number of hydrogen-bond donors (Lipinski definition) is 0. The highest BCUT2D eigenvalue weighted by atomic mass is 31.1. The summed E-state index contributed by atoms with van der Waals surface area (Å²) in [6.45, 7) is 2.83. The lowest BCUT2D eigenvalue weighted by molar-refractivity contribution is 0.325. The summed E-state index contributed by atoms with van der Waals surface area (Å²) in [7, 11) is -0.198. The van der Waals surface area contributed by atoms with E-state index in [1.807, 2.05) is 0 Å². The predicted molar refractivity (Wildman–Crippen MR) is 71.5 cm³/mol. The van der Waals surface area contributed by atoms with E-state index in [2.05, 4.69) is 37.3 Å². The first-order chi connectivity index (χ1) is 8.38. The number of unbranched alkanes of at least 4 members (excludes halogenated alkanes) is 1. The maximum absolute atomic E-state index is 10.1. The molecule has 0 bridgehead atoms. The summed E-state index contributed by atoms with van der Waals surface area (Å²) in [5, 5.41) is 0. The monoisotopic (exact) mass is 252 g/mol. The van der Waals surface area contributed by atoms with E-state index in [9.17, 15) is 4.57 Å². The Hall–Kier alpha value is -0.720. The molecule has 0 fully saturated rings. The van der Waals surface area contributed by atoms with E-state index < -0.39 is 0 Å². The van der Waals surface area contributed by atoms with E-state index in [1.165, 1.54) is 24.8 Å². The van der Waals surface area contributed by atoms with Gasteiger partial charge in [0.1, 0.15) is 0 Å². The molecule has 0 amide bonds. The third kappa shape index (κ3) is 5.95. The Morgan fingerprint density at radius 2 is 1.94 bits per heavy atom. The fourth-order valence-electron chi connectivity index (χ4n) is 2.15. The normalized spacial score (nSPS) is 12.8. The first kappa shape index (κ1) is 14.3. The van der Waals surface area contributed by atoms with Crippen molar-refractivity contribution in [3.63, 3.8) is 0 Å². The van der Waals surface area contributed by atoms with E-state index in [0.29, 0.717) is 12.5 Å². The molecule has 0 radical (unpaired) electrons. The predicted octanol–water partition coefficient (Wildman–Crippen LogP) is 4.96. The van der Waals surface area contributed by atoms with Crippen LogP contribution in [0.15, 0.2) is 30.3 Å². The van der Waals surface area contributed by atoms with Crippen LogP contribution in [0.5, 0.6) is 0 Å². The van der Waals surface area contributed by atoms with Gasteiger partial charge in [-0.1, -0.05) is 50.1 Å². The van der Waals surface area contributed by atoms with E-state index in [0.717, 1.165) is 12.8 Å². The van der Waals surface area contributed by atoms with Crippen molar-refractivity contribution in [3.05, 3.63) is 35.9 Å². The van der Waals surface area contributed by atoms with E-state index in [-0.39, 0.29) is 8.69 Å². The van der Waals surface area contributed by atoms with Gasteiger partial charge < -0.3 is 0 Å². The van der Waals surface area contributed by atoms with Crippen molar-refractivity contribution in [2.75, 3.05) is 6.61 Å². The van der Waals surface area contributed by atoms with Crippen molar-refractivity contribution in [3.8, 4) is 0 Å².